The summed E-state index contributed by atoms with van der Waals surface area (Å²) in [7, 11) is 1.20. The fraction of sp³-hybridized carbons (Fsp3) is 0.160. The molecule has 0 bridgehead atoms. The molecule has 0 radical (unpaired) electrons. The Balaban J connectivity index is 1.68. The van der Waals surface area contributed by atoms with Crippen LogP contribution < -0.4 is 5.32 Å². The Morgan fingerprint density at radius 3 is 2.03 bits per heavy atom. The normalized spacial score (nSPS) is 11.5. The van der Waals surface area contributed by atoms with Crippen LogP contribution in [-0.2, 0) is 27.2 Å². The summed E-state index contributed by atoms with van der Waals surface area (Å²) in [5.41, 5.74) is 1.90. The number of rotatable bonds is 8. The highest BCUT2D eigenvalue weighted by atomic mass is 19.1. The second kappa shape index (κ2) is 10.4. The standard InChI is InChI=1S/C25H21F2NO4/c1-32-25(31)22(28-23(29)14-17-11-20(26)15-21(27)12-17)13-16-7-9-19(10-8-16)24(30)18-5-3-2-4-6-18/h2-12,15,22H,13-14H2,1H3,(H,28,29)/t22-/m0/s1. The molecule has 0 saturated carbocycles. The van der Waals surface area contributed by atoms with E-state index in [1.807, 2.05) is 6.07 Å². The molecule has 7 heteroatoms. The number of esters is 1. The van der Waals surface area contributed by atoms with E-state index in [9.17, 15) is 23.2 Å². The SMILES string of the molecule is COC(=O)[C@H](Cc1ccc(C(=O)c2ccccc2)cc1)NC(=O)Cc1cc(F)cc(F)c1. The van der Waals surface area contributed by atoms with Gasteiger partial charge >= 0.3 is 5.97 Å². The quantitative estimate of drug-likeness (QED) is 0.432. The molecule has 3 rings (SSSR count). The molecule has 0 aliphatic heterocycles. The summed E-state index contributed by atoms with van der Waals surface area (Å²) in [6.45, 7) is 0. The van der Waals surface area contributed by atoms with Crippen LogP contribution in [0.25, 0.3) is 0 Å². The number of ether oxygens (including phenoxy) is 1. The van der Waals surface area contributed by atoms with E-state index in [2.05, 4.69) is 5.32 Å². The summed E-state index contributed by atoms with van der Waals surface area (Å²) < 4.78 is 31.4. The number of methoxy groups -OCH3 is 1. The van der Waals surface area contributed by atoms with Crippen LogP contribution >= 0.6 is 0 Å². The Kier molecular flexibility index (Phi) is 7.44. The van der Waals surface area contributed by atoms with E-state index in [1.165, 1.54) is 7.11 Å². The topological polar surface area (TPSA) is 72.5 Å². The summed E-state index contributed by atoms with van der Waals surface area (Å²) in [6, 6.07) is 17.3. The van der Waals surface area contributed by atoms with Gasteiger partial charge in [0.05, 0.1) is 13.5 Å². The smallest absolute Gasteiger partial charge is 0.328 e. The predicted octanol–water partition coefficient (Wildman–Crippen LogP) is 3.64. The van der Waals surface area contributed by atoms with Crippen molar-refractivity contribution in [1.82, 2.24) is 5.32 Å². The summed E-state index contributed by atoms with van der Waals surface area (Å²) in [5, 5.41) is 2.54. The first kappa shape index (κ1) is 22.8. The molecule has 3 aromatic carbocycles. The molecule has 0 unspecified atom stereocenters. The third-order valence-corrected chi connectivity index (χ3v) is 4.80. The van der Waals surface area contributed by atoms with Crippen molar-refractivity contribution in [3.63, 3.8) is 0 Å². The van der Waals surface area contributed by atoms with Crippen LogP contribution in [0.2, 0.25) is 0 Å². The number of halogens is 2. The number of carbonyl (C=O) groups excluding carboxylic acids is 3. The lowest BCUT2D eigenvalue weighted by Crippen LogP contribution is -2.43. The average molecular weight is 437 g/mol. The van der Waals surface area contributed by atoms with Crippen molar-refractivity contribution in [2.75, 3.05) is 7.11 Å². The van der Waals surface area contributed by atoms with Crippen molar-refractivity contribution < 1.29 is 27.9 Å². The first-order valence-electron chi connectivity index (χ1n) is 9.86. The largest absolute Gasteiger partial charge is 0.467 e. The summed E-state index contributed by atoms with van der Waals surface area (Å²) >= 11 is 0. The first-order chi connectivity index (χ1) is 15.4. The molecule has 1 amide bonds. The van der Waals surface area contributed by atoms with Gasteiger partial charge in [-0.05, 0) is 23.3 Å². The Bertz CT molecular complexity index is 1090. The molecular formula is C25H21F2NO4. The highest BCUT2D eigenvalue weighted by Gasteiger charge is 2.22. The lowest BCUT2D eigenvalue weighted by molar-refractivity contribution is -0.145. The molecule has 0 aliphatic carbocycles. The zero-order chi connectivity index (χ0) is 23.1. The summed E-state index contributed by atoms with van der Waals surface area (Å²) in [5.74, 6) is -2.95. The molecule has 0 saturated heterocycles. The van der Waals surface area contributed by atoms with Gasteiger partial charge in [-0.1, -0.05) is 54.6 Å². The Labute approximate surface area is 184 Å². The molecule has 0 spiro atoms. The lowest BCUT2D eigenvalue weighted by Gasteiger charge is -2.17. The molecule has 0 heterocycles. The Hall–Kier alpha value is -3.87. The average Bonchev–Trinajstić information content (AvgIpc) is 2.78. The van der Waals surface area contributed by atoms with E-state index in [0.29, 0.717) is 22.8 Å². The first-order valence-corrected chi connectivity index (χ1v) is 9.86. The fourth-order valence-corrected chi connectivity index (χ4v) is 3.26. The monoisotopic (exact) mass is 437 g/mol. The van der Waals surface area contributed by atoms with Crippen molar-refractivity contribution in [1.29, 1.82) is 0 Å². The van der Waals surface area contributed by atoms with Gasteiger partial charge in [0.1, 0.15) is 17.7 Å². The maximum Gasteiger partial charge on any atom is 0.328 e. The Morgan fingerprint density at radius 2 is 1.44 bits per heavy atom. The van der Waals surface area contributed by atoms with E-state index in [4.69, 9.17) is 4.74 Å². The highest BCUT2D eigenvalue weighted by molar-refractivity contribution is 6.08. The number of ketones is 1. The highest BCUT2D eigenvalue weighted by Crippen LogP contribution is 2.13. The van der Waals surface area contributed by atoms with Gasteiger partial charge in [-0.2, -0.15) is 0 Å². The van der Waals surface area contributed by atoms with Crippen LogP contribution in [0.4, 0.5) is 8.78 Å². The van der Waals surface area contributed by atoms with E-state index in [0.717, 1.165) is 12.1 Å². The van der Waals surface area contributed by atoms with Crippen molar-refractivity contribution in [3.8, 4) is 0 Å². The number of carbonyl (C=O) groups is 3. The van der Waals surface area contributed by atoms with Gasteiger partial charge in [-0.15, -0.1) is 0 Å². The third kappa shape index (κ3) is 6.07. The van der Waals surface area contributed by atoms with Crippen LogP contribution in [0.5, 0.6) is 0 Å². The zero-order valence-corrected chi connectivity index (χ0v) is 17.3. The van der Waals surface area contributed by atoms with Crippen LogP contribution in [0.3, 0.4) is 0 Å². The fourth-order valence-electron chi connectivity index (χ4n) is 3.26. The van der Waals surface area contributed by atoms with E-state index in [1.54, 1.807) is 48.5 Å². The molecule has 1 atom stereocenters. The number of benzene rings is 3. The summed E-state index contributed by atoms with van der Waals surface area (Å²) in [6.07, 6.45) is -0.178. The van der Waals surface area contributed by atoms with Crippen molar-refractivity contribution in [2.45, 2.75) is 18.9 Å². The molecule has 5 nitrogen and oxygen atoms in total. The maximum atomic E-state index is 13.3. The minimum absolute atomic E-state index is 0.121. The van der Waals surface area contributed by atoms with Crippen molar-refractivity contribution >= 4 is 17.7 Å². The van der Waals surface area contributed by atoms with Crippen LogP contribution in [0.15, 0.2) is 72.8 Å². The lowest BCUT2D eigenvalue weighted by atomic mass is 9.99. The molecule has 3 aromatic rings. The van der Waals surface area contributed by atoms with Gasteiger partial charge < -0.3 is 10.1 Å². The number of hydrogen-bond acceptors (Lipinski definition) is 4. The molecule has 0 aliphatic rings. The summed E-state index contributed by atoms with van der Waals surface area (Å²) in [4.78, 5) is 37.0. The van der Waals surface area contributed by atoms with Crippen LogP contribution in [0, 0.1) is 11.6 Å². The second-order valence-electron chi connectivity index (χ2n) is 7.19. The van der Waals surface area contributed by atoms with Crippen LogP contribution in [-0.4, -0.2) is 30.8 Å². The van der Waals surface area contributed by atoms with Crippen molar-refractivity contribution in [2.24, 2.45) is 0 Å². The number of amides is 1. The zero-order valence-electron chi connectivity index (χ0n) is 17.3. The van der Waals surface area contributed by atoms with Crippen molar-refractivity contribution in [3.05, 3.63) is 107 Å². The molecule has 1 N–H and O–H groups in total. The minimum Gasteiger partial charge on any atom is -0.467 e. The predicted molar refractivity (Wildman–Crippen MR) is 114 cm³/mol. The van der Waals surface area contributed by atoms with Gasteiger partial charge in [-0.25, -0.2) is 13.6 Å². The van der Waals surface area contributed by atoms with E-state index >= 15 is 0 Å². The minimum atomic E-state index is -0.999. The molecular weight excluding hydrogens is 416 g/mol. The molecule has 164 valence electrons. The van der Waals surface area contributed by atoms with Gasteiger partial charge in [0, 0.05) is 23.6 Å². The van der Waals surface area contributed by atoms with Gasteiger partial charge in [-0.3, -0.25) is 9.59 Å². The third-order valence-electron chi connectivity index (χ3n) is 4.80. The molecule has 0 fully saturated rings. The van der Waals surface area contributed by atoms with Gasteiger partial charge in [0.25, 0.3) is 0 Å². The van der Waals surface area contributed by atoms with E-state index in [-0.39, 0.29) is 24.2 Å². The second-order valence-corrected chi connectivity index (χ2v) is 7.19. The molecule has 32 heavy (non-hydrogen) atoms. The Morgan fingerprint density at radius 1 is 0.844 bits per heavy atom. The van der Waals surface area contributed by atoms with Crippen LogP contribution in [0.1, 0.15) is 27.0 Å². The van der Waals surface area contributed by atoms with Gasteiger partial charge in [0.2, 0.25) is 5.91 Å². The number of hydrogen-bond donors (Lipinski definition) is 1. The van der Waals surface area contributed by atoms with Gasteiger partial charge in [0.15, 0.2) is 5.78 Å². The molecule has 0 aromatic heterocycles. The number of nitrogens with one attached hydrogen (secondary N) is 1. The maximum absolute atomic E-state index is 13.3. The van der Waals surface area contributed by atoms with E-state index < -0.39 is 29.6 Å².